The molecule has 1 saturated carbocycles. The first-order chi connectivity index (χ1) is 6.08. The van der Waals surface area contributed by atoms with Crippen LogP contribution in [0.5, 0.6) is 0 Å². The summed E-state index contributed by atoms with van der Waals surface area (Å²) >= 11 is 0. The summed E-state index contributed by atoms with van der Waals surface area (Å²) in [4.78, 5) is 0. The summed E-state index contributed by atoms with van der Waals surface area (Å²) in [6.45, 7) is 4.34. The lowest BCUT2D eigenvalue weighted by Gasteiger charge is -2.39. The van der Waals surface area contributed by atoms with E-state index in [1.807, 2.05) is 0 Å². The first-order valence-electron chi connectivity index (χ1n) is 5.56. The van der Waals surface area contributed by atoms with Gasteiger partial charge in [0.15, 0.2) is 0 Å². The van der Waals surface area contributed by atoms with Crippen molar-refractivity contribution in [3.63, 3.8) is 0 Å². The second-order valence-electron chi connectivity index (χ2n) is 4.63. The van der Waals surface area contributed by atoms with Crippen molar-refractivity contribution in [2.24, 2.45) is 11.7 Å². The molecule has 0 aromatic rings. The molecular weight excluding hydrogens is 162 g/mol. The predicted octanol–water partition coefficient (Wildman–Crippen LogP) is 2.05. The quantitative estimate of drug-likeness (QED) is 0.707. The first-order valence-corrected chi connectivity index (χ1v) is 5.56. The van der Waals surface area contributed by atoms with Crippen molar-refractivity contribution < 1.29 is 5.11 Å². The fraction of sp³-hybridized carbons (Fsp3) is 1.00. The van der Waals surface area contributed by atoms with Gasteiger partial charge in [-0.2, -0.15) is 0 Å². The second kappa shape index (κ2) is 4.43. The van der Waals surface area contributed by atoms with Gasteiger partial charge in [-0.05, 0) is 38.0 Å². The van der Waals surface area contributed by atoms with E-state index in [-0.39, 0.29) is 0 Å². The van der Waals surface area contributed by atoms with E-state index >= 15 is 0 Å². The second-order valence-corrected chi connectivity index (χ2v) is 4.63. The summed E-state index contributed by atoms with van der Waals surface area (Å²) in [7, 11) is 0. The number of hydrogen-bond acceptors (Lipinski definition) is 2. The summed E-state index contributed by atoms with van der Waals surface area (Å²) in [6, 6.07) is 0.328. The van der Waals surface area contributed by atoms with Gasteiger partial charge in [0.1, 0.15) is 0 Å². The zero-order chi connectivity index (χ0) is 9.90. The molecule has 1 unspecified atom stereocenters. The molecule has 1 aliphatic rings. The summed E-state index contributed by atoms with van der Waals surface area (Å²) in [5, 5.41) is 10.3. The first kappa shape index (κ1) is 11.0. The van der Waals surface area contributed by atoms with E-state index in [2.05, 4.69) is 13.8 Å². The van der Waals surface area contributed by atoms with Crippen molar-refractivity contribution >= 4 is 0 Å². The van der Waals surface area contributed by atoms with Gasteiger partial charge in [0.2, 0.25) is 0 Å². The zero-order valence-corrected chi connectivity index (χ0v) is 8.92. The molecule has 0 aliphatic heterocycles. The van der Waals surface area contributed by atoms with Gasteiger partial charge in [-0.15, -0.1) is 0 Å². The molecule has 3 N–H and O–H groups in total. The highest BCUT2D eigenvalue weighted by Gasteiger charge is 2.36. The molecule has 0 aromatic heterocycles. The molecule has 0 heterocycles. The molecule has 0 spiro atoms. The number of nitrogens with two attached hydrogens (primary N) is 1. The minimum atomic E-state index is -0.411. The maximum absolute atomic E-state index is 10.3. The Bertz CT molecular complexity index is 150. The topological polar surface area (TPSA) is 46.2 Å². The van der Waals surface area contributed by atoms with E-state index < -0.39 is 5.60 Å². The third-order valence-electron chi connectivity index (χ3n) is 3.54. The van der Waals surface area contributed by atoms with Gasteiger partial charge >= 0.3 is 0 Å². The number of aliphatic hydroxyl groups is 1. The molecule has 0 saturated heterocycles. The van der Waals surface area contributed by atoms with E-state index in [0.29, 0.717) is 12.0 Å². The molecule has 13 heavy (non-hydrogen) atoms. The van der Waals surface area contributed by atoms with Crippen LogP contribution < -0.4 is 5.73 Å². The maximum Gasteiger partial charge on any atom is 0.0674 e. The molecule has 0 amide bonds. The van der Waals surface area contributed by atoms with E-state index in [0.717, 1.165) is 38.5 Å². The summed E-state index contributed by atoms with van der Waals surface area (Å²) in [5.74, 6) is 0.435. The van der Waals surface area contributed by atoms with Gasteiger partial charge in [0.25, 0.3) is 0 Å². The van der Waals surface area contributed by atoms with Crippen LogP contribution in [0.3, 0.4) is 0 Å². The van der Waals surface area contributed by atoms with Crippen LogP contribution in [-0.4, -0.2) is 16.7 Å². The Hall–Kier alpha value is -0.0800. The Morgan fingerprint density at radius 1 is 1.46 bits per heavy atom. The number of hydrogen-bond donors (Lipinski definition) is 2. The molecule has 2 heteroatoms. The third kappa shape index (κ3) is 2.68. The molecule has 1 atom stereocenters. The van der Waals surface area contributed by atoms with Crippen molar-refractivity contribution in [2.75, 3.05) is 0 Å². The van der Waals surface area contributed by atoms with Crippen molar-refractivity contribution in [3.05, 3.63) is 0 Å². The average molecular weight is 185 g/mol. The van der Waals surface area contributed by atoms with Crippen LogP contribution in [0.2, 0.25) is 0 Å². The summed E-state index contributed by atoms with van der Waals surface area (Å²) in [6.07, 6.45) is 6.07. The smallest absolute Gasteiger partial charge is 0.0674 e. The van der Waals surface area contributed by atoms with E-state index in [1.54, 1.807) is 0 Å². The molecule has 1 aliphatic carbocycles. The Kier molecular flexibility index (Phi) is 3.74. The molecule has 0 radical (unpaired) electrons. The van der Waals surface area contributed by atoms with Crippen molar-refractivity contribution in [2.45, 2.75) is 64.0 Å². The van der Waals surface area contributed by atoms with Crippen LogP contribution in [0, 0.1) is 5.92 Å². The highest BCUT2D eigenvalue weighted by Crippen LogP contribution is 2.35. The molecule has 78 valence electrons. The molecule has 0 bridgehead atoms. The number of rotatable bonds is 3. The standard InChI is InChI=1S/C11H23NO/c1-3-4-9(2)11(13)7-5-10(12)6-8-11/h9-10,13H,3-8,12H2,1-2H3. The lowest BCUT2D eigenvalue weighted by molar-refractivity contribution is -0.0491. The monoisotopic (exact) mass is 185 g/mol. The van der Waals surface area contributed by atoms with Crippen molar-refractivity contribution in [1.82, 2.24) is 0 Å². The molecule has 1 fully saturated rings. The minimum absolute atomic E-state index is 0.328. The normalized spacial score (nSPS) is 37.4. The van der Waals surface area contributed by atoms with Crippen LogP contribution in [0.1, 0.15) is 52.4 Å². The minimum Gasteiger partial charge on any atom is -0.390 e. The van der Waals surface area contributed by atoms with Crippen LogP contribution in [-0.2, 0) is 0 Å². The largest absolute Gasteiger partial charge is 0.390 e. The third-order valence-corrected chi connectivity index (χ3v) is 3.54. The Balaban J connectivity index is 2.46. The average Bonchev–Trinajstić information content (AvgIpc) is 2.11. The zero-order valence-electron chi connectivity index (χ0n) is 8.92. The van der Waals surface area contributed by atoms with E-state index in [4.69, 9.17) is 5.73 Å². The van der Waals surface area contributed by atoms with E-state index in [1.165, 1.54) is 0 Å². The van der Waals surface area contributed by atoms with Crippen molar-refractivity contribution in [3.8, 4) is 0 Å². The summed E-state index contributed by atoms with van der Waals surface area (Å²) < 4.78 is 0. The lowest BCUT2D eigenvalue weighted by Crippen LogP contribution is -2.43. The van der Waals surface area contributed by atoms with Gasteiger partial charge in [-0.3, -0.25) is 0 Å². The van der Waals surface area contributed by atoms with Gasteiger partial charge in [0.05, 0.1) is 5.60 Å². The van der Waals surface area contributed by atoms with Gasteiger partial charge in [-0.25, -0.2) is 0 Å². The highest BCUT2D eigenvalue weighted by atomic mass is 16.3. The van der Waals surface area contributed by atoms with Crippen molar-refractivity contribution in [1.29, 1.82) is 0 Å². The maximum atomic E-state index is 10.3. The SMILES string of the molecule is CCCC(C)C1(O)CCC(N)CC1. The van der Waals surface area contributed by atoms with Gasteiger partial charge in [0, 0.05) is 6.04 Å². The Morgan fingerprint density at radius 3 is 2.46 bits per heavy atom. The predicted molar refractivity (Wildman–Crippen MR) is 55.5 cm³/mol. The van der Waals surface area contributed by atoms with Gasteiger partial charge < -0.3 is 10.8 Å². The molecule has 2 nitrogen and oxygen atoms in total. The van der Waals surface area contributed by atoms with E-state index in [9.17, 15) is 5.11 Å². The van der Waals surface area contributed by atoms with Crippen LogP contribution in [0.25, 0.3) is 0 Å². The Labute approximate surface area is 81.5 Å². The summed E-state index contributed by atoms with van der Waals surface area (Å²) in [5.41, 5.74) is 5.41. The van der Waals surface area contributed by atoms with Crippen LogP contribution in [0.4, 0.5) is 0 Å². The van der Waals surface area contributed by atoms with Crippen LogP contribution in [0.15, 0.2) is 0 Å². The molecule has 0 aromatic carbocycles. The lowest BCUT2D eigenvalue weighted by atomic mass is 9.73. The fourth-order valence-corrected chi connectivity index (χ4v) is 2.33. The highest BCUT2D eigenvalue weighted by molar-refractivity contribution is 4.90. The van der Waals surface area contributed by atoms with Crippen LogP contribution >= 0.6 is 0 Å². The fourth-order valence-electron chi connectivity index (χ4n) is 2.33. The molecule has 1 rings (SSSR count). The molecular formula is C11H23NO. The van der Waals surface area contributed by atoms with Gasteiger partial charge in [-0.1, -0.05) is 20.3 Å². The Morgan fingerprint density at radius 2 is 2.00 bits per heavy atom.